The van der Waals surface area contributed by atoms with Crippen LogP contribution in [0.1, 0.15) is 21.6 Å². The number of nitrogens with zero attached hydrogens (tertiary/aromatic N) is 3. The van der Waals surface area contributed by atoms with E-state index in [2.05, 4.69) is 10.2 Å². The smallest absolute Gasteiger partial charge is 0.260 e. The molecule has 1 aliphatic heterocycles. The number of para-hydroxylation sites is 1. The van der Waals surface area contributed by atoms with Gasteiger partial charge in [0.25, 0.3) is 5.91 Å². The number of hydrogen-bond acceptors (Lipinski definition) is 4. The van der Waals surface area contributed by atoms with Crippen LogP contribution in [0.2, 0.25) is 0 Å². The summed E-state index contributed by atoms with van der Waals surface area (Å²) in [6.07, 6.45) is 2.00. The van der Waals surface area contributed by atoms with E-state index in [1.165, 1.54) is 17.2 Å². The average molecular weight is 301 g/mol. The van der Waals surface area contributed by atoms with Gasteiger partial charge in [-0.05, 0) is 31.0 Å². The lowest BCUT2D eigenvalue weighted by molar-refractivity contribution is 0.0972. The van der Waals surface area contributed by atoms with Gasteiger partial charge >= 0.3 is 0 Å². The molecule has 1 aromatic carbocycles. The van der Waals surface area contributed by atoms with Crippen molar-refractivity contribution in [2.24, 2.45) is 5.92 Å². The Balaban J connectivity index is 2.07. The third kappa shape index (κ3) is 2.46. The number of hydrogen-bond donors (Lipinski definition) is 1. The number of aliphatic hydroxyl groups excluding tert-OH is 1. The molecule has 3 rings (SSSR count). The Bertz CT molecular complexity index is 720. The lowest BCUT2D eigenvalue weighted by Crippen LogP contribution is -2.42. The third-order valence-corrected chi connectivity index (χ3v) is 3.93. The Labute approximate surface area is 127 Å². The second kappa shape index (κ2) is 5.81. The van der Waals surface area contributed by atoms with Gasteiger partial charge < -0.3 is 10.0 Å². The number of amides is 1. The van der Waals surface area contributed by atoms with Crippen LogP contribution in [0.3, 0.4) is 0 Å². The Hall–Kier alpha value is -2.34. The number of carbonyl (C=O) groups excluding carboxylic acids is 1. The lowest BCUT2D eigenvalue weighted by atomic mass is 9.92. The highest BCUT2D eigenvalue weighted by molar-refractivity contribution is 6.07. The molecule has 22 heavy (non-hydrogen) atoms. The summed E-state index contributed by atoms with van der Waals surface area (Å²) in [6, 6.07) is 6.33. The first kappa shape index (κ1) is 14.6. The molecule has 114 valence electrons. The molecular weight excluding hydrogens is 285 g/mol. The zero-order chi connectivity index (χ0) is 15.7. The number of fused-ring (bicyclic) bond motifs is 1. The summed E-state index contributed by atoms with van der Waals surface area (Å²) in [4.78, 5) is 14.2. The van der Waals surface area contributed by atoms with Gasteiger partial charge in [0.05, 0.1) is 23.1 Å². The number of anilines is 1. The summed E-state index contributed by atoms with van der Waals surface area (Å²) < 4.78 is 14.2. The highest BCUT2D eigenvalue weighted by Crippen LogP contribution is 2.33. The lowest BCUT2D eigenvalue weighted by Gasteiger charge is -2.34. The van der Waals surface area contributed by atoms with Crippen LogP contribution in [0, 0.1) is 18.7 Å². The molecule has 1 N–H and O–H groups in total. The average Bonchev–Trinajstić information content (AvgIpc) is 2.54. The van der Waals surface area contributed by atoms with E-state index in [1.54, 1.807) is 25.1 Å². The summed E-state index contributed by atoms with van der Waals surface area (Å²) in [7, 11) is 0. The minimum Gasteiger partial charge on any atom is -0.396 e. The summed E-state index contributed by atoms with van der Waals surface area (Å²) in [5.74, 6) is -0.854. The van der Waals surface area contributed by atoms with Gasteiger partial charge in [0.1, 0.15) is 5.82 Å². The quantitative estimate of drug-likeness (QED) is 0.917. The number of rotatable bonds is 2. The monoisotopic (exact) mass is 301 g/mol. The zero-order valence-electron chi connectivity index (χ0n) is 12.2. The standard InChI is InChI=1S/C16H16FN3O2/c1-10-13(5-6-18-19-10)16(22)20-8-11(9-21)7-12-3-2-4-14(17)15(12)20/h2-6,11,21H,7-9H2,1H3/t11-/m0/s1. The van der Waals surface area contributed by atoms with E-state index in [9.17, 15) is 14.3 Å². The molecule has 1 aromatic heterocycles. The highest BCUT2D eigenvalue weighted by Gasteiger charge is 2.31. The van der Waals surface area contributed by atoms with Gasteiger partial charge in [0, 0.05) is 19.1 Å². The van der Waals surface area contributed by atoms with Gasteiger partial charge in [0.15, 0.2) is 0 Å². The van der Waals surface area contributed by atoms with Crippen molar-refractivity contribution in [2.75, 3.05) is 18.1 Å². The third-order valence-electron chi connectivity index (χ3n) is 3.93. The molecule has 0 bridgehead atoms. The molecule has 5 nitrogen and oxygen atoms in total. The fourth-order valence-electron chi connectivity index (χ4n) is 2.83. The summed E-state index contributed by atoms with van der Waals surface area (Å²) >= 11 is 0. The Kier molecular flexibility index (Phi) is 3.85. The zero-order valence-corrected chi connectivity index (χ0v) is 12.2. The minimum absolute atomic E-state index is 0.0483. The molecule has 1 amide bonds. The number of aryl methyl sites for hydroxylation is 1. The Morgan fingerprint density at radius 2 is 2.27 bits per heavy atom. The molecule has 2 heterocycles. The summed E-state index contributed by atoms with van der Waals surface area (Å²) in [5.41, 5.74) is 1.92. The van der Waals surface area contributed by atoms with Crippen LogP contribution in [0.25, 0.3) is 0 Å². The molecule has 1 aliphatic rings. The summed E-state index contributed by atoms with van der Waals surface area (Å²) in [5, 5.41) is 17.1. The molecule has 0 spiro atoms. The van der Waals surface area contributed by atoms with E-state index in [1.807, 2.05) is 0 Å². The highest BCUT2D eigenvalue weighted by atomic mass is 19.1. The van der Waals surface area contributed by atoms with E-state index in [0.717, 1.165) is 5.56 Å². The van der Waals surface area contributed by atoms with Crippen molar-refractivity contribution in [3.05, 3.63) is 53.1 Å². The maximum atomic E-state index is 14.2. The van der Waals surface area contributed by atoms with Crippen LogP contribution in [-0.2, 0) is 6.42 Å². The molecule has 6 heteroatoms. The molecule has 0 radical (unpaired) electrons. The minimum atomic E-state index is -0.429. The first-order valence-electron chi connectivity index (χ1n) is 7.10. The van der Waals surface area contributed by atoms with E-state index < -0.39 is 5.82 Å². The van der Waals surface area contributed by atoms with Crippen LogP contribution in [0.15, 0.2) is 30.5 Å². The molecule has 1 atom stereocenters. The van der Waals surface area contributed by atoms with Gasteiger partial charge in [0.2, 0.25) is 0 Å². The molecule has 0 fully saturated rings. The van der Waals surface area contributed by atoms with Crippen molar-refractivity contribution >= 4 is 11.6 Å². The van der Waals surface area contributed by atoms with Crippen LogP contribution in [0.4, 0.5) is 10.1 Å². The van der Waals surface area contributed by atoms with E-state index in [0.29, 0.717) is 23.4 Å². The van der Waals surface area contributed by atoms with E-state index in [-0.39, 0.29) is 25.0 Å². The van der Waals surface area contributed by atoms with Crippen LogP contribution < -0.4 is 4.90 Å². The number of halogens is 1. The number of benzene rings is 1. The first-order valence-corrected chi connectivity index (χ1v) is 7.10. The van der Waals surface area contributed by atoms with Crippen molar-refractivity contribution in [1.29, 1.82) is 0 Å². The van der Waals surface area contributed by atoms with Crippen LogP contribution in [-0.4, -0.2) is 34.4 Å². The van der Waals surface area contributed by atoms with Gasteiger partial charge in [-0.2, -0.15) is 10.2 Å². The second-order valence-electron chi connectivity index (χ2n) is 5.45. The van der Waals surface area contributed by atoms with Crippen molar-refractivity contribution in [3.63, 3.8) is 0 Å². The molecule has 0 unspecified atom stereocenters. The van der Waals surface area contributed by atoms with E-state index >= 15 is 0 Å². The van der Waals surface area contributed by atoms with Crippen molar-refractivity contribution in [1.82, 2.24) is 10.2 Å². The Morgan fingerprint density at radius 1 is 1.45 bits per heavy atom. The van der Waals surface area contributed by atoms with Gasteiger partial charge in [-0.15, -0.1) is 0 Å². The Morgan fingerprint density at radius 3 is 3.00 bits per heavy atom. The van der Waals surface area contributed by atoms with Gasteiger partial charge in [-0.1, -0.05) is 12.1 Å². The molecule has 2 aromatic rings. The second-order valence-corrected chi connectivity index (χ2v) is 5.45. The molecule has 0 aliphatic carbocycles. The fourth-order valence-corrected chi connectivity index (χ4v) is 2.83. The first-order chi connectivity index (χ1) is 10.6. The van der Waals surface area contributed by atoms with E-state index in [4.69, 9.17) is 0 Å². The predicted molar refractivity (Wildman–Crippen MR) is 79.1 cm³/mol. The SMILES string of the molecule is Cc1nnccc1C(=O)N1C[C@@H](CO)Cc2cccc(F)c21. The number of aliphatic hydroxyl groups is 1. The maximum Gasteiger partial charge on any atom is 0.260 e. The van der Waals surface area contributed by atoms with Crippen molar-refractivity contribution in [2.45, 2.75) is 13.3 Å². The predicted octanol–water partition coefficient (Wildman–Crippen LogP) is 1.74. The number of aromatic nitrogens is 2. The van der Waals surface area contributed by atoms with Gasteiger partial charge in [-0.3, -0.25) is 4.79 Å². The van der Waals surface area contributed by atoms with Crippen LogP contribution in [0.5, 0.6) is 0 Å². The molecule has 0 saturated heterocycles. The normalized spacial score (nSPS) is 17.2. The largest absolute Gasteiger partial charge is 0.396 e. The van der Waals surface area contributed by atoms with Crippen molar-refractivity contribution in [3.8, 4) is 0 Å². The topological polar surface area (TPSA) is 66.3 Å². The fraction of sp³-hybridized carbons (Fsp3) is 0.312. The van der Waals surface area contributed by atoms with Crippen LogP contribution >= 0.6 is 0 Å². The summed E-state index contributed by atoms with van der Waals surface area (Å²) in [6.45, 7) is 1.92. The van der Waals surface area contributed by atoms with Gasteiger partial charge in [-0.25, -0.2) is 4.39 Å². The van der Waals surface area contributed by atoms with Crippen molar-refractivity contribution < 1.29 is 14.3 Å². The maximum absolute atomic E-state index is 14.2. The molecular formula is C16H16FN3O2. The molecule has 0 saturated carbocycles. The number of carbonyl (C=O) groups is 1.